The Balaban J connectivity index is 1.38. The highest BCUT2D eigenvalue weighted by Crippen LogP contribution is 2.35. The van der Waals surface area contributed by atoms with E-state index < -0.39 is 0 Å². The number of nitrogens with zero attached hydrogens (tertiary/aromatic N) is 1. The first-order valence-corrected chi connectivity index (χ1v) is 10.7. The van der Waals surface area contributed by atoms with Gasteiger partial charge in [0.1, 0.15) is 5.76 Å². The van der Waals surface area contributed by atoms with Crippen LogP contribution in [0.4, 0.5) is 0 Å². The molecule has 2 aliphatic rings. The van der Waals surface area contributed by atoms with Crippen molar-refractivity contribution in [2.24, 2.45) is 0 Å². The molecule has 31 heavy (non-hydrogen) atoms. The van der Waals surface area contributed by atoms with Gasteiger partial charge in [-0.25, -0.2) is 0 Å². The largest absolute Gasteiger partial charge is 0.467 e. The fourth-order valence-electron chi connectivity index (χ4n) is 3.87. The minimum atomic E-state index is -0.169. The summed E-state index contributed by atoms with van der Waals surface area (Å²) in [6.07, 6.45) is 3.88. The highest BCUT2D eigenvalue weighted by Gasteiger charge is 2.20. The molecule has 0 bridgehead atoms. The maximum absolute atomic E-state index is 12.8. The van der Waals surface area contributed by atoms with Crippen LogP contribution in [0, 0.1) is 0 Å². The van der Waals surface area contributed by atoms with E-state index in [0.717, 1.165) is 30.6 Å². The number of fused-ring (bicyclic) bond motifs is 2. The van der Waals surface area contributed by atoms with Crippen LogP contribution in [-0.4, -0.2) is 41.0 Å². The average molecular weight is 442 g/mol. The van der Waals surface area contributed by atoms with E-state index in [9.17, 15) is 4.79 Å². The Morgan fingerprint density at radius 1 is 1.23 bits per heavy atom. The van der Waals surface area contributed by atoms with Crippen LogP contribution >= 0.6 is 12.2 Å². The second-order valence-corrected chi connectivity index (χ2v) is 8.06. The van der Waals surface area contributed by atoms with Gasteiger partial charge in [-0.15, -0.1) is 0 Å². The van der Waals surface area contributed by atoms with Crippen molar-refractivity contribution in [3.8, 4) is 11.5 Å². The van der Waals surface area contributed by atoms with Crippen molar-refractivity contribution in [3.05, 3.63) is 58.3 Å². The first-order chi connectivity index (χ1) is 15.2. The molecule has 0 radical (unpaired) electrons. The van der Waals surface area contributed by atoms with Crippen molar-refractivity contribution in [1.29, 1.82) is 0 Å². The molecular formula is C22H23N3O5S. The summed E-state index contributed by atoms with van der Waals surface area (Å²) < 4.78 is 22.1. The second kappa shape index (κ2) is 8.60. The number of pyridine rings is 1. The Morgan fingerprint density at radius 2 is 2.10 bits per heavy atom. The minimum Gasteiger partial charge on any atom is -0.467 e. The van der Waals surface area contributed by atoms with Crippen molar-refractivity contribution >= 4 is 28.2 Å². The first kappa shape index (κ1) is 19.9. The molecule has 4 heterocycles. The van der Waals surface area contributed by atoms with Gasteiger partial charge in [0.05, 0.1) is 31.0 Å². The number of aromatic nitrogens is 1. The fourth-order valence-corrected chi connectivity index (χ4v) is 4.09. The summed E-state index contributed by atoms with van der Waals surface area (Å²) in [5.41, 5.74) is 1.13. The highest BCUT2D eigenvalue weighted by atomic mass is 32.1. The molecular weight excluding hydrogens is 418 g/mol. The highest BCUT2D eigenvalue weighted by molar-refractivity contribution is 7.80. The van der Waals surface area contributed by atoms with E-state index in [4.69, 9.17) is 30.8 Å². The lowest BCUT2D eigenvalue weighted by atomic mass is 10.1. The average Bonchev–Trinajstić information content (AvgIpc) is 3.53. The van der Waals surface area contributed by atoms with Gasteiger partial charge in [-0.3, -0.25) is 4.79 Å². The van der Waals surface area contributed by atoms with Crippen LogP contribution in [0.2, 0.25) is 0 Å². The summed E-state index contributed by atoms with van der Waals surface area (Å²) in [6, 6.07) is 9.26. The third-order valence-corrected chi connectivity index (χ3v) is 5.90. The predicted molar refractivity (Wildman–Crippen MR) is 118 cm³/mol. The van der Waals surface area contributed by atoms with Crippen molar-refractivity contribution in [2.45, 2.75) is 32.0 Å². The zero-order chi connectivity index (χ0) is 21.2. The molecule has 1 aromatic carbocycles. The molecule has 5 rings (SSSR count). The number of H-pyrrole nitrogens is 1. The van der Waals surface area contributed by atoms with E-state index in [1.807, 2.05) is 29.2 Å². The lowest BCUT2D eigenvalue weighted by molar-refractivity contribution is 0.113. The molecule has 2 aromatic heterocycles. The van der Waals surface area contributed by atoms with E-state index >= 15 is 0 Å². The molecule has 0 unspecified atom stereocenters. The number of aromatic amines is 1. The van der Waals surface area contributed by atoms with Gasteiger partial charge in [0.25, 0.3) is 5.56 Å². The molecule has 1 saturated heterocycles. The molecule has 0 aliphatic carbocycles. The number of thiocarbonyl (C=S) groups is 1. The number of furan rings is 1. The van der Waals surface area contributed by atoms with Gasteiger partial charge in [0.15, 0.2) is 16.6 Å². The summed E-state index contributed by atoms with van der Waals surface area (Å²) in [7, 11) is 0. The molecule has 1 fully saturated rings. The topological polar surface area (TPSA) is 89.0 Å². The van der Waals surface area contributed by atoms with Gasteiger partial charge in [-0.2, -0.15) is 0 Å². The predicted octanol–water partition coefficient (Wildman–Crippen LogP) is 2.91. The normalized spacial score (nSPS) is 17.2. The fraction of sp³-hybridized carbons (Fsp3) is 0.364. The first-order valence-electron chi connectivity index (χ1n) is 10.3. The van der Waals surface area contributed by atoms with Crippen molar-refractivity contribution in [2.75, 3.05) is 19.9 Å². The molecule has 8 nitrogen and oxygen atoms in total. The second-order valence-electron chi connectivity index (χ2n) is 7.67. The van der Waals surface area contributed by atoms with Crippen molar-refractivity contribution < 1.29 is 18.6 Å². The third kappa shape index (κ3) is 4.38. The Hall–Kier alpha value is -3.04. The van der Waals surface area contributed by atoms with Crippen LogP contribution in [0.15, 0.2) is 45.8 Å². The standard InChI is InChI=1S/C22H23N3O5S/c26-21-15(7-14-8-19-20(30-13-29-19)9-18(14)24-21)11-25(12-17-4-2-6-28-17)22(31)23-10-16-3-1-5-27-16/h2,4,6-9,16H,1,3,5,10-13H2,(H,23,31)(H,24,26)/t16-/m0/s1. The summed E-state index contributed by atoms with van der Waals surface area (Å²) in [5.74, 6) is 2.07. The Labute approximate surface area is 184 Å². The van der Waals surface area contributed by atoms with E-state index in [2.05, 4.69) is 10.3 Å². The number of hydrogen-bond acceptors (Lipinski definition) is 6. The smallest absolute Gasteiger partial charge is 0.253 e. The quantitative estimate of drug-likeness (QED) is 0.565. The molecule has 0 amide bonds. The summed E-state index contributed by atoms with van der Waals surface area (Å²) in [5, 5.41) is 4.71. The van der Waals surface area contributed by atoms with E-state index in [0.29, 0.717) is 47.3 Å². The van der Waals surface area contributed by atoms with E-state index in [1.165, 1.54) is 0 Å². The van der Waals surface area contributed by atoms with Gasteiger partial charge >= 0.3 is 0 Å². The zero-order valence-electron chi connectivity index (χ0n) is 16.9. The van der Waals surface area contributed by atoms with Crippen LogP contribution in [-0.2, 0) is 17.8 Å². The minimum absolute atomic E-state index is 0.164. The Bertz CT molecular complexity index is 1140. The number of rotatable bonds is 6. The molecule has 3 aromatic rings. The monoisotopic (exact) mass is 441 g/mol. The van der Waals surface area contributed by atoms with Crippen molar-refractivity contribution in [1.82, 2.24) is 15.2 Å². The number of ether oxygens (including phenoxy) is 3. The van der Waals surface area contributed by atoms with Gasteiger partial charge in [-0.1, -0.05) is 0 Å². The van der Waals surface area contributed by atoms with Crippen LogP contribution in [0.5, 0.6) is 11.5 Å². The van der Waals surface area contributed by atoms with Gasteiger partial charge in [0, 0.05) is 30.2 Å². The molecule has 2 N–H and O–H groups in total. The van der Waals surface area contributed by atoms with E-state index in [1.54, 1.807) is 12.3 Å². The number of benzene rings is 1. The summed E-state index contributed by atoms with van der Waals surface area (Å²) >= 11 is 5.66. The van der Waals surface area contributed by atoms with Crippen molar-refractivity contribution in [3.63, 3.8) is 0 Å². The van der Waals surface area contributed by atoms with E-state index in [-0.39, 0.29) is 18.5 Å². The SMILES string of the molecule is O=c1[nH]c2cc3c(cc2cc1CN(Cc1ccco1)C(=S)NC[C@@H]1CCCO1)OCO3. The lowest BCUT2D eigenvalue weighted by Crippen LogP contribution is -2.42. The number of nitrogens with one attached hydrogen (secondary N) is 2. The lowest BCUT2D eigenvalue weighted by Gasteiger charge is -2.26. The molecule has 9 heteroatoms. The van der Waals surface area contributed by atoms with Crippen LogP contribution in [0.3, 0.4) is 0 Å². The summed E-state index contributed by atoms with van der Waals surface area (Å²) in [6.45, 7) is 2.40. The van der Waals surface area contributed by atoms with Gasteiger partial charge in [0.2, 0.25) is 6.79 Å². The summed E-state index contributed by atoms with van der Waals surface area (Å²) in [4.78, 5) is 17.7. The van der Waals surface area contributed by atoms with Gasteiger partial charge < -0.3 is 33.8 Å². The van der Waals surface area contributed by atoms with Crippen LogP contribution in [0.1, 0.15) is 24.2 Å². The molecule has 0 spiro atoms. The van der Waals surface area contributed by atoms with Crippen LogP contribution in [0.25, 0.3) is 10.9 Å². The van der Waals surface area contributed by atoms with Crippen LogP contribution < -0.4 is 20.3 Å². The zero-order valence-corrected chi connectivity index (χ0v) is 17.7. The Morgan fingerprint density at radius 3 is 2.87 bits per heavy atom. The third-order valence-electron chi connectivity index (χ3n) is 5.49. The molecule has 162 valence electrons. The molecule has 2 aliphatic heterocycles. The molecule has 1 atom stereocenters. The number of hydrogen-bond donors (Lipinski definition) is 2. The maximum Gasteiger partial charge on any atom is 0.253 e. The van der Waals surface area contributed by atoms with Gasteiger partial charge in [-0.05, 0) is 49.3 Å². The maximum atomic E-state index is 12.8. The Kier molecular flexibility index (Phi) is 5.52. The molecule has 0 saturated carbocycles.